The van der Waals surface area contributed by atoms with E-state index < -0.39 is 6.04 Å². The number of amides is 2. The molecule has 2 rings (SSSR count). The number of nitrogens with one attached hydrogen (secondary N) is 1. The molecule has 2 amide bonds. The Morgan fingerprint density at radius 2 is 1.84 bits per heavy atom. The molecular formula is C25H39ClN2O3. The summed E-state index contributed by atoms with van der Waals surface area (Å²) in [5.41, 5.74) is 0.790. The fourth-order valence-corrected chi connectivity index (χ4v) is 4.56. The highest BCUT2D eigenvalue weighted by Gasteiger charge is 2.33. The molecule has 6 heteroatoms. The fourth-order valence-electron chi connectivity index (χ4n) is 4.41. The van der Waals surface area contributed by atoms with Crippen LogP contribution in [0.5, 0.6) is 5.75 Å². The summed E-state index contributed by atoms with van der Waals surface area (Å²) < 4.78 is 5.28. The smallest absolute Gasteiger partial charge is 0.247 e. The van der Waals surface area contributed by atoms with Crippen molar-refractivity contribution in [2.24, 2.45) is 5.92 Å². The van der Waals surface area contributed by atoms with Crippen molar-refractivity contribution in [2.75, 3.05) is 19.5 Å². The third kappa shape index (κ3) is 7.71. The lowest BCUT2D eigenvalue weighted by Gasteiger charge is -2.35. The van der Waals surface area contributed by atoms with E-state index in [0.29, 0.717) is 12.5 Å². The fraction of sp³-hybridized carbons (Fsp3) is 0.680. The zero-order valence-corrected chi connectivity index (χ0v) is 20.1. The van der Waals surface area contributed by atoms with Crippen molar-refractivity contribution in [1.29, 1.82) is 0 Å². The first-order chi connectivity index (χ1) is 15.0. The highest BCUT2D eigenvalue weighted by molar-refractivity contribution is 6.27. The molecule has 1 fully saturated rings. The molecule has 1 N–H and O–H groups in total. The van der Waals surface area contributed by atoms with E-state index in [2.05, 4.69) is 19.2 Å². The van der Waals surface area contributed by atoms with Gasteiger partial charge in [-0.3, -0.25) is 9.59 Å². The summed E-state index contributed by atoms with van der Waals surface area (Å²) in [4.78, 5) is 28.2. The van der Waals surface area contributed by atoms with Crippen LogP contribution in [0.2, 0.25) is 0 Å². The number of carbonyl (C=O) groups is 2. The van der Waals surface area contributed by atoms with E-state index in [1.807, 2.05) is 24.3 Å². The summed E-state index contributed by atoms with van der Waals surface area (Å²) in [5, 5.41) is 3.23. The number of carbonyl (C=O) groups excluding carboxylic acids is 2. The first-order valence-corrected chi connectivity index (χ1v) is 12.4. The van der Waals surface area contributed by atoms with Crippen molar-refractivity contribution in [3.63, 3.8) is 0 Å². The molecule has 0 unspecified atom stereocenters. The third-order valence-electron chi connectivity index (χ3n) is 6.38. The number of methoxy groups -OCH3 is 1. The summed E-state index contributed by atoms with van der Waals surface area (Å²) >= 11 is 6.01. The van der Waals surface area contributed by atoms with E-state index in [1.54, 1.807) is 12.0 Å². The maximum absolute atomic E-state index is 13.5. The number of halogens is 1. The minimum Gasteiger partial charge on any atom is -0.497 e. The Labute approximate surface area is 192 Å². The van der Waals surface area contributed by atoms with Crippen LogP contribution in [-0.4, -0.2) is 42.3 Å². The van der Waals surface area contributed by atoms with Gasteiger partial charge >= 0.3 is 0 Å². The third-order valence-corrected chi connectivity index (χ3v) is 6.60. The van der Waals surface area contributed by atoms with Crippen molar-refractivity contribution < 1.29 is 14.3 Å². The molecule has 1 aliphatic rings. The van der Waals surface area contributed by atoms with Crippen molar-refractivity contribution in [3.05, 3.63) is 29.8 Å². The van der Waals surface area contributed by atoms with Crippen molar-refractivity contribution in [1.82, 2.24) is 10.2 Å². The number of hydrogen-bond acceptors (Lipinski definition) is 3. The van der Waals surface area contributed by atoms with Crippen molar-refractivity contribution in [3.8, 4) is 5.75 Å². The van der Waals surface area contributed by atoms with Crippen LogP contribution in [0, 0.1) is 5.92 Å². The topological polar surface area (TPSA) is 58.6 Å². The SMILES string of the molecule is CCCC[C@H](CC)CN(C(=O)CCl)[C@H](C(=O)NC1CCCCC1)c1ccc(OC)cc1. The number of unbranched alkanes of at least 4 members (excludes halogenated alkanes) is 1. The van der Waals surface area contributed by atoms with E-state index in [-0.39, 0.29) is 23.7 Å². The number of nitrogens with zero attached hydrogens (tertiary/aromatic N) is 1. The van der Waals surface area contributed by atoms with Crippen LogP contribution >= 0.6 is 11.6 Å². The number of rotatable bonds is 12. The van der Waals surface area contributed by atoms with Gasteiger partial charge in [-0.2, -0.15) is 0 Å². The molecular weight excluding hydrogens is 412 g/mol. The Morgan fingerprint density at radius 3 is 2.39 bits per heavy atom. The average molecular weight is 451 g/mol. The van der Waals surface area contributed by atoms with Crippen LogP contribution in [0.1, 0.15) is 83.2 Å². The molecule has 0 aliphatic heterocycles. The summed E-state index contributed by atoms with van der Waals surface area (Å²) in [6.07, 6.45) is 9.73. The second kappa shape index (κ2) is 13.6. The molecule has 0 bridgehead atoms. The molecule has 0 saturated heterocycles. The molecule has 1 aromatic rings. The second-order valence-electron chi connectivity index (χ2n) is 8.62. The normalized spacial score (nSPS) is 16.4. The Balaban J connectivity index is 2.33. The van der Waals surface area contributed by atoms with Gasteiger partial charge < -0.3 is 15.0 Å². The quantitative estimate of drug-likeness (QED) is 0.429. The van der Waals surface area contributed by atoms with Gasteiger partial charge in [0.05, 0.1) is 7.11 Å². The summed E-state index contributed by atoms with van der Waals surface area (Å²) in [7, 11) is 1.62. The van der Waals surface area contributed by atoms with Gasteiger partial charge in [-0.15, -0.1) is 11.6 Å². The Hall–Kier alpha value is -1.75. The van der Waals surface area contributed by atoms with Gasteiger partial charge in [-0.25, -0.2) is 0 Å². The summed E-state index contributed by atoms with van der Waals surface area (Å²) in [6.45, 7) is 4.86. The first-order valence-electron chi connectivity index (χ1n) is 11.8. The minimum absolute atomic E-state index is 0.110. The van der Waals surface area contributed by atoms with Gasteiger partial charge in [0.1, 0.15) is 17.7 Å². The molecule has 31 heavy (non-hydrogen) atoms. The highest BCUT2D eigenvalue weighted by atomic mass is 35.5. The largest absolute Gasteiger partial charge is 0.497 e. The molecule has 0 aromatic heterocycles. The molecule has 1 aliphatic carbocycles. The molecule has 2 atom stereocenters. The number of ether oxygens (including phenoxy) is 1. The van der Waals surface area contributed by atoms with Crippen LogP contribution in [0.3, 0.4) is 0 Å². The van der Waals surface area contributed by atoms with Crippen LogP contribution in [0.15, 0.2) is 24.3 Å². The van der Waals surface area contributed by atoms with Gasteiger partial charge in [0.15, 0.2) is 0 Å². The molecule has 1 aromatic carbocycles. The predicted octanol–water partition coefficient (Wildman–Crippen LogP) is 5.47. The Morgan fingerprint density at radius 1 is 1.16 bits per heavy atom. The lowest BCUT2D eigenvalue weighted by molar-refractivity contribution is -0.140. The standard InChI is InChI=1S/C25H39ClN2O3/c1-4-6-10-19(5-2)18-28(23(29)17-26)24(20-13-15-22(31-3)16-14-20)25(30)27-21-11-8-7-9-12-21/h13-16,19,21,24H,4-12,17-18H2,1-3H3,(H,27,30)/t19-,24-/m0/s1. The van der Waals surface area contributed by atoms with Gasteiger partial charge in [-0.1, -0.05) is 64.5 Å². The van der Waals surface area contributed by atoms with Crippen LogP contribution in [0.25, 0.3) is 0 Å². The first kappa shape index (κ1) is 25.5. The molecule has 0 heterocycles. The molecule has 0 radical (unpaired) electrons. The van der Waals surface area contributed by atoms with Crippen LogP contribution in [0.4, 0.5) is 0 Å². The molecule has 174 valence electrons. The molecule has 0 spiro atoms. The monoisotopic (exact) mass is 450 g/mol. The van der Waals surface area contributed by atoms with E-state index in [0.717, 1.165) is 62.7 Å². The minimum atomic E-state index is -0.685. The van der Waals surface area contributed by atoms with Crippen LogP contribution < -0.4 is 10.1 Å². The van der Waals surface area contributed by atoms with Gasteiger partial charge in [0.2, 0.25) is 11.8 Å². The molecule has 1 saturated carbocycles. The van der Waals surface area contributed by atoms with Gasteiger partial charge in [0, 0.05) is 12.6 Å². The van der Waals surface area contributed by atoms with E-state index in [9.17, 15) is 9.59 Å². The number of benzene rings is 1. The average Bonchev–Trinajstić information content (AvgIpc) is 2.81. The van der Waals surface area contributed by atoms with Crippen LogP contribution in [-0.2, 0) is 9.59 Å². The lowest BCUT2D eigenvalue weighted by Crippen LogP contribution is -2.48. The van der Waals surface area contributed by atoms with Crippen molar-refractivity contribution >= 4 is 23.4 Å². The Kier molecular flexibility index (Phi) is 11.2. The highest BCUT2D eigenvalue weighted by Crippen LogP contribution is 2.28. The van der Waals surface area contributed by atoms with Gasteiger partial charge in [0.25, 0.3) is 0 Å². The molecule has 5 nitrogen and oxygen atoms in total. The van der Waals surface area contributed by atoms with E-state index in [1.165, 1.54) is 6.42 Å². The lowest BCUT2D eigenvalue weighted by atomic mass is 9.94. The zero-order chi connectivity index (χ0) is 22.6. The van der Waals surface area contributed by atoms with E-state index in [4.69, 9.17) is 16.3 Å². The maximum atomic E-state index is 13.5. The summed E-state index contributed by atoms with van der Waals surface area (Å²) in [6, 6.07) is 6.94. The van der Waals surface area contributed by atoms with Gasteiger partial charge in [-0.05, 0) is 42.9 Å². The maximum Gasteiger partial charge on any atom is 0.247 e. The zero-order valence-electron chi connectivity index (χ0n) is 19.4. The predicted molar refractivity (Wildman–Crippen MR) is 126 cm³/mol. The Bertz CT molecular complexity index is 674. The number of hydrogen-bond donors (Lipinski definition) is 1. The summed E-state index contributed by atoms with van der Waals surface area (Å²) in [5.74, 6) is 0.625. The van der Waals surface area contributed by atoms with E-state index >= 15 is 0 Å². The van der Waals surface area contributed by atoms with Crippen molar-refractivity contribution in [2.45, 2.75) is 83.7 Å². The number of alkyl halides is 1. The second-order valence-corrected chi connectivity index (χ2v) is 8.88.